The van der Waals surface area contributed by atoms with E-state index in [4.69, 9.17) is 11.6 Å². The molecule has 4 nitrogen and oxygen atoms in total. The fraction of sp³-hybridized carbons (Fsp3) is 0.0769. The number of phenolic OH excluding ortho intramolecular Hbond substituents is 1. The molecular weight excluding hydrogens is 252 g/mol. The van der Waals surface area contributed by atoms with E-state index >= 15 is 0 Å². The average molecular weight is 263 g/mol. The zero-order valence-corrected chi connectivity index (χ0v) is 10.4. The highest BCUT2D eigenvalue weighted by atomic mass is 35.5. The third-order valence-corrected chi connectivity index (χ3v) is 2.63. The van der Waals surface area contributed by atoms with Crippen LogP contribution in [0.3, 0.4) is 0 Å². The highest BCUT2D eigenvalue weighted by molar-refractivity contribution is 6.32. The highest BCUT2D eigenvalue weighted by Gasteiger charge is 2.09. The van der Waals surface area contributed by atoms with Crippen LogP contribution in [-0.4, -0.2) is 16.0 Å². The van der Waals surface area contributed by atoms with E-state index in [0.29, 0.717) is 11.3 Å². The zero-order valence-electron chi connectivity index (χ0n) is 9.64. The molecule has 1 amide bonds. The van der Waals surface area contributed by atoms with Crippen molar-refractivity contribution in [3.8, 4) is 5.75 Å². The van der Waals surface area contributed by atoms with Crippen LogP contribution in [-0.2, 0) is 0 Å². The number of pyridine rings is 1. The summed E-state index contributed by atoms with van der Waals surface area (Å²) in [7, 11) is 0. The molecule has 1 aromatic carbocycles. The van der Waals surface area contributed by atoms with Crippen LogP contribution < -0.4 is 5.32 Å². The molecule has 0 aliphatic rings. The van der Waals surface area contributed by atoms with Gasteiger partial charge in [0.15, 0.2) is 5.15 Å². The van der Waals surface area contributed by atoms with Gasteiger partial charge in [-0.15, -0.1) is 0 Å². The molecule has 1 heterocycles. The van der Waals surface area contributed by atoms with Gasteiger partial charge in [0.25, 0.3) is 5.91 Å². The van der Waals surface area contributed by atoms with Gasteiger partial charge in [0.1, 0.15) is 5.75 Å². The SMILES string of the molecule is Cc1cnc(Cl)c(NC(=O)c2cccc(O)c2)c1. The summed E-state index contributed by atoms with van der Waals surface area (Å²) in [6.45, 7) is 1.85. The smallest absolute Gasteiger partial charge is 0.255 e. The zero-order chi connectivity index (χ0) is 13.1. The van der Waals surface area contributed by atoms with Gasteiger partial charge in [-0.3, -0.25) is 4.79 Å². The van der Waals surface area contributed by atoms with Crippen molar-refractivity contribution in [2.24, 2.45) is 0 Å². The van der Waals surface area contributed by atoms with Crippen LogP contribution in [0.1, 0.15) is 15.9 Å². The van der Waals surface area contributed by atoms with Crippen LogP contribution in [0.4, 0.5) is 5.69 Å². The van der Waals surface area contributed by atoms with Crippen molar-refractivity contribution in [3.63, 3.8) is 0 Å². The Labute approximate surface area is 109 Å². The second-order valence-electron chi connectivity index (χ2n) is 3.86. The van der Waals surface area contributed by atoms with Crippen molar-refractivity contribution in [3.05, 3.63) is 52.8 Å². The summed E-state index contributed by atoms with van der Waals surface area (Å²) < 4.78 is 0. The number of carbonyl (C=O) groups is 1. The molecule has 2 rings (SSSR count). The van der Waals surface area contributed by atoms with Crippen LogP contribution in [0.25, 0.3) is 0 Å². The number of nitrogens with one attached hydrogen (secondary N) is 1. The van der Waals surface area contributed by atoms with Crippen molar-refractivity contribution in [2.75, 3.05) is 5.32 Å². The van der Waals surface area contributed by atoms with E-state index in [1.165, 1.54) is 12.1 Å². The van der Waals surface area contributed by atoms with Crippen LogP contribution in [0.2, 0.25) is 5.15 Å². The molecule has 0 fully saturated rings. The Bertz CT molecular complexity index is 599. The Hall–Kier alpha value is -2.07. The third kappa shape index (κ3) is 2.78. The molecule has 2 aromatic rings. The monoisotopic (exact) mass is 262 g/mol. The number of halogens is 1. The molecule has 0 bridgehead atoms. The van der Waals surface area contributed by atoms with Gasteiger partial charge in [-0.25, -0.2) is 4.98 Å². The minimum absolute atomic E-state index is 0.0381. The quantitative estimate of drug-likeness (QED) is 0.818. The first-order valence-corrected chi connectivity index (χ1v) is 5.66. The summed E-state index contributed by atoms with van der Waals surface area (Å²) in [5.74, 6) is -0.309. The molecule has 2 N–H and O–H groups in total. The van der Waals surface area contributed by atoms with Gasteiger partial charge in [0, 0.05) is 11.8 Å². The van der Waals surface area contributed by atoms with E-state index in [2.05, 4.69) is 10.3 Å². The fourth-order valence-corrected chi connectivity index (χ4v) is 1.63. The van der Waals surface area contributed by atoms with Crippen molar-refractivity contribution in [2.45, 2.75) is 6.92 Å². The normalized spacial score (nSPS) is 10.1. The Morgan fingerprint density at radius 1 is 1.39 bits per heavy atom. The molecule has 0 saturated carbocycles. The molecule has 5 heteroatoms. The lowest BCUT2D eigenvalue weighted by atomic mass is 10.2. The average Bonchev–Trinajstić information content (AvgIpc) is 2.34. The van der Waals surface area contributed by atoms with E-state index in [0.717, 1.165) is 5.56 Å². The maximum absolute atomic E-state index is 11.9. The number of aromatic hydroxyl groups is 1. The fourth-order valence-electron chi connectivity index (χ4n) is 1.48. The van der Waals surface area contributed by atoms with Crippen molar-refractivity contribution >= 4 is 23.2 Å². The third-order valence-electron chi connectivity index (χ3n) is 2.33. The number of aromatic nitrogens is 1. The van der Waals surface area contributed by atoms with Crippen LogP contribution in [0.15, 0.2) is 36.5 Å². The van der Waals surface area contributed by atoms with Crippen LogP contribution in [0, 0.1) is 6.92 Å². The number of benzene rings is 1. The Morgan fingerprint density at radius 2 is 2.17 bits per heavy atom. The largest absolute Gasteiger partial charge is 0.508 e. The summed E-state index contributed by atoms with van der Waals surface area (Å²) in [5, 5.41) is 12.2. The van der Waals surface area contributed by atoms with E-state index in [-0.39, 0.29) is 16.8 Å². The topological polar surface area (TPSA) is 62.2 Å². The number of hydrogen-bond donors (Lipinski definition) is 2. The maximum atomic E-state index is 11.9. The van der Waals surface area contributed by atoms with Gasteiger partial charge in [0.2, 0.25) is 0 Å². The predicted molar refractivity (Wildman–Crippen MR) is 70.0 cm³/mol. The number of rotatable bonds is 2. The first kappa shape index (κ1) is 12.4. The maximum Gasteiger partial charge on any atom is 0.255 e. The molecule has 0 aliphatic heterocycles. The summed E-state index contributed by atoms with van der Waals surface area (Å²) in [5.41, 5.74) is 1.70. The van der Waals surface area contributed by atoms with Gasteiger partial charge in [0.05, 0.1) is 5.69 Å². The van der Waals surface area contributed by atoms with Gasteiger partial charge in [-0.2, -0.15) is 0 Å². The number of carbonyl (C=O) groups excluding carboxylic acids is 1. The number of nitrogens with zero attached hydrogens (tertiary/aromatic N) is 1. The first-order valence-electron chi connectivity index (χ1n) is 5.29. The second-order valence-corrected chi connectivity index (χ2v) is 4.21. The van der Waals surface area contributed by atoms with Gasteiger partial charge in [-0.1, -0.05) is 17.7 Å². The van der Waals surface area contributed by atoms with E-state index in [1.807, 2.05) is 6.92 Å². The Morgan fingerprint density at radius 3 is 2.89 bits per heavy atom. The Kier molecular flexibility index (Phi) is 3.48. The standard InChI is InChI=1S/C13H11ClN2O2/c1-8-5-11(12(14)15-7-8)16-13(18)9-3-2-4-10(17)6-9/h2-7,17H,1H3,(H,16,18). The minimum Gasteiger partial charge on any atom is -0.508 e. The van der Waals surface area contributed by atoms with Gasteiger partial charge >= 0.3 is 0 Å². The lowest BCUT2D eigenvalue weighted by Crippen LogP contribution is -2.12. The van der Waals surface area contributed by atoms with Crippen LogP contribution in [0.5, 0.6) is 5.75 Å². The summed E-state index contributed by atoms with van der Waals surface area (Å²) >= 11 is 5.88. The summed E-state index contributed by atoms with van der Waals surface area (Å²) in [6, 6.07) is 7.81. The molecule has 0 unspecified atom stereocenters. The minimum atomic E-state index is -0.347. The van der Waals surface area contributed by atoms with E-state index in [9.17, 15) is 9.90 Å². The van der Waals surface area contributed by atoms with Crippen molar-refractivity contribution < 1.29 is 9.90 Å². The molecule has 0 atom stereocenters. The molecule has 0 spiro atoms. The molecule has 0 radical (unpaired) electrons. The predicted octanol–water partition coefficient (Wildman–Crippen LogP) is 3.00. The van der Waals surface area contributed by atoms with Crippen molar-refractivity contribution in [1.82, 2.24) is 4.98 Å². The molecule has 0 saturated heterocycles. The first-order chi connectivity index (χ1) is 8.56. The lowest BCUT2D eigenvalue weighted by Gasteiger charge is -2.07. The van der Waals surface area contributed by atoms with Crippen LogP contribution >= 0.6 is 11.6 Å². The molecule has 18 heavy (non-hydrogen) atoms. The van der Waals surface area contributed by atoms with E-state index < -0.39 is 0 Å². The lowest BCUT2D eigenvalue weighted by molar-refractivity contribution is 0.102. The molecule has 0 aliphatic carbocycles. The summed E-state index contributed by atoms with van der Waals surface area (Å²) in [4.78, 5) is 15.9. The van der Waals surface area contributed by atoms with Gasteiger partial charge in [-0.05, 0) is 36.8 Å². The number of phenols is 1. The number of amides is 1. The molecular formula is C13H11ClN2O2. The summed E-state index contributed by atoms with van der Waals surface area (Å²) in [6.07, 6.45) is 1.62. The molecule has 92 valence electrons. The molecule has 1 aromatic heterocycles. The Balaban J connectivity index is 2.24. The highest BCUT2D eigenvalue weighted by Crippen LogP contribution is 2.21. The number of aryl methyl sites for hydroxylation is 1. The number of anilines is 1. The van der Waals surface area contributed by atoms with Gasteiger partial charge < -0.3 is 10.4 Å². The second kappa shape index (κ2) is 5.06. The van der Waals surface area contributed by atoms with Crippen molar-refractivity contribution in [1.29, 1.82) is 0 Å². The van der Waals surface area contributed by atoms with E-state index in [1.54, 1.807) is 24.4 Å². The number of hydrogen-bond acceptors (Lipinski definition) is 3.